The highest BCUT2D eigenvalue weighted by Crippen LogP contribution is 2.34. The van der Waals surface area contributed by atoms with Crippen molar-refractivity contribution in [1.82, 2.24) is 0 Å². The van der Waals surface area contributed by atoms with Crippen molar-refractivity contribution in [3.8, 4) is 0 Å². The van der Waals surface area contributed by atoms with Gasteiger partial charge in [0.1, 0.15) is 0 Å². The first-order chi connectivity index (χ1) is 10.7. The minimum Gasteiger partial charge on any atom is -0.222 e. The minimum atomic E-state index is -4.94. The normalized spacial score (nSPS) is 11.4. The van der Waals surface area contributed by atoms with Gasteiger partial charge in [-0.15, -0.1) is 10.2 Å². The molecule has 23 heavy (non-hydrogen) atoms. The van der Waals surface area contributed by atoms with E-state index in [9.17, 15) is 0 Å². The lowest BCUT2D eigenvalue weighted by molar-refractivity contribution is -2.00. The summed E-state index contributed by atoms with van der Waals surface area (Å²) in [4.78, 5) is 0. The van der Waals surface area contributed by atoms with E-state index in [-0.39, 0.29) is 0 Å². The molecule has 4 nitrogen and oxygen atoms in total. The Morgan fingerprint density at radius 2 is 1.22 bits per heavy atom. The summed E-state index contributed by atoms with van der Waals surface area (Å²) in [5.74, 6) is 0. The van der Waals surface area contributed by atoms with Crippen molar-refractivity contribution >= 4 is 31.5 Å². The van der Waals surface area contributed by atoms with E-state index in [1.54, 1.807) is 0 Å². The molecule has 0 N–H and O–H groups in total. The summed E-state index contributed by atoms with van der Waals surface area (Å²) in [6.45, 7) is 6.59. The van der Waals surface area contributed by atoms with Crippen LogP contribution >= 0.6 is 11.3 Å². The van der Waals surface area contributed by atoms with Gasteiger partial charge >= 0.3 is 0 Å². The zero-order valence-electron chi connectivity index (χ0n) is 13.1. The summed E-state index contributed by atoms with van der Waals surface area (Å²) in [5, 5.41) is 2.86. The van der Waals surface area contributed by atoms with E-state index >= 15 is 0 Å². The second-order valence-electron chi connectivity index (χ2n) is 5.31. The monoisotopic (exact) mass is 352 g/mol. The van der Waals surface area contributed by atoms with E-state index in [1.807, 2.05) is 11.3 Å². The average Bonchev–Trinajstić information content (AvgIpc) is 2.43. The highest BCUT2D eigenvalue weighted by molar-refractivity contribution is 7.24. The van der Waals surface area contributed by atoms with Crippen LogP contribution in [0.4, 0.5) is 0 Å². The van der Waals surface area contributed by atoms with Gasteiger partial charge in [0.15, 0.2) is 0 Å². The fraction of sp³-hybridized carbons (Fsp3) is 0.235. The molecule has 6 heteroatoms. The van der Waals surface area contributed by atoms with E-state index < -0.39 is 10.2 Å². The Labute approximate surface area is 141 Å². The second kappa shape index (κ2) is 7.05. The molecule has 0 aliphatic carbocycles. The maximum atomic E-state index is 8.49. The Balaban J connectivity index is 0.000000338. The van der Waals surface area contributed by atoms with E-state index in [0.717, 1.165) is 6.42 Å². The van der Waals surface area contributed by atoms with Crippen molar-refractivity contribution in [2.24, 2.45) is 0 Å². The summed E-state index contributed by atoms with van der Waals surface area (Å²) < 4.78 is 36.8. The lowest BCUT2D eigenvalue weighted by atomic mass is 10.0. The molecular formula is C17H17ClO4S. The Kier molecular flexibility index (Phi) is 5.52. The largest absolute Gasteiger partial charge is 0.239 e. The molecule has 3 rings (SSSR count). The minimum absolute atomic E-state index is 1.09. The third-order valence-corrected chi connectivity index (χ3v) is 4.65. The van der Waals surface area contributed by atoms with Crippen LogP contribution in [0.1, 0.15) is 23.6 Å². The van der Waals surface area contributed by atoms with Crippen molar-refractivity contribution in [2.45, 2.75) is 27.2 Å². The topological polar surface area (TPSA) is 92.2 Å². The van der Waals surface area contributed by atoms with Crippen molar-refractivity contribution in [3.63, 3.8) is 0 Å². The molecule has 0 bridgehead atoms. The first kappa shape index (κ1) is 18.0. The molecule has 0 aliphatic heterocycles. The predicted molar refractivity (Wildman–Crippen MR) is 82.6 cm³/mol. The van der Waals surface area contributed by atoms with Crippen molar-refractivity contribution in [2.75, 3.05) is 0 Å². The summed E-state index contributed by atoms with van der Waals surface area (Å²) >= 11 is 1.90. The van der Waals surface area contributed by atoms with Gasteiger partial charge in [0, 0.05) is 22.9 Å². The molecule has 2 aromatic carbocycles. The third kappa shape index (κ3) is 4.81. The van der Waals surface area contributed by atoms with Crippen LogP contribution in [0.2, 0.25) is 0 Å². The molecule has 0 atom stereocenters. The SMILES string of the molecule is CCc1c2cc(C)ccc2[s+]c2ccc(C)cc12.[O-][Cl+3]([O-])([O-])[O-]. The first-order valence-corrected chi connectivity index (χ1v) is 9.11. The number of halogens is 1. The molecule has 0 spiro atoms. The number of hydrogen-bond donors (Lipinski definition) is 0. The summed E-state index contributed by atoms with van der Waals surface area (Å²) in [7, 11) is -4.94. The van der Waals surface area contributed by atoms with Crippen LogP contribution in [-0.2, 0) is 6.42 Å². The molecule has 0 amide bonds. The van der Waals surface area contributed by atoms with Crippen LogP contribution in [-0.4, -0.2) is 0 Å². The standard InChI is InChI=1S/C17H17S.ClHO4/c1-4-13-14-9-11(2)5-7-16(14)18-17-8-6-12(3)10-15(13)17;2-1(3,4)5/h5-10H,4H2,1-3H3;(H,2,3,4,5)/q+1;/p-1. The van der Waals surface area contributed by atoms with Crippen LogP contribution in [0.15, 0.2) is 36.4 Å². The summed E-state index contributed by atoms with van der Waals surface area (Å²) in [6.07, 6.45) is 1.09. The first-order valence-electron chi connectivity index (χ1n) is 7.06. The Morgan fingerprint density at radius 3 is 1.57 bits per heavy atom. The van der Waals surface area contributed by atoms with E-state index in [1.165, 1.54) is 36.9 Å². The Hall–Kier alpha value is -1.34. The van der Waals surface area contributed by atoms with E-state index in [2.05, 4.69) is 57.2 Å². The molecule has 0 saturated carbocycles. The van der Waals surface area contributed by atoms with Gasteiger partial charge in [0.05, 0.1) is 0 Å². The maximum absolute atomic E-state index is 8.49. The lowest BCUT2D eigenvalue weighted by Crippen LogP contribution is -2.68. The fourth-order valence-corrected chi connectivity index (χ4v) is 3.68. The molecule has 122 valence electrons. The maximum Gasteiger partial charge on any atom is 0.239 e. The van der Waals surface area contributed by atoms with Gasteiger partial charge in [-0.25, -0.2) is 18.6 Å². The molecular weight excluding hydrogens is 336 g/mol. The van der Waals surface area contributed by atoms with Crippen LogP contribution in [0.3, 0.4) is 0 Å². The highest BCUT2D eigenvalue weighted by atomic mass is 35.7. The molecule has 0 unspecified atom stereocenters. The van der Waals surface area contributed by atoms with Gasteiger partial charge in [0.25, 0.3) is 0 Å². The molecule has 0 aliphatic rings. The van der Waals surface area contributed by atoms with Crippen LogP contribution in [0.25, 0.3) is 20.2 Å². The number of benzene rings is 2. The molecule has 3 aromatic rings. The Bertz CT molecular complexity index is 777. The van der Waals surface area contributed by atoms with Crippen molar-refractivity contribution < 1.29 is 28.9 Å². The summed E-state index contributed by atoms with van der Waals surface area (Å²) in [5.41, 5.74) is 4.18. The van der Waals surface area contributed by atoms with Crippen LogP contribution < -0.4 is 18.6 Å². The van der Waals surface area contributed by atoms with Gasteiger partial charge in [-0.1, -0.05) is 30.2 Å². The quantitative estimate of drug-likeness (QED) is 0.477. The molecule has 0 saturated heterocycles. The number of aryl methyl sites for hydroxylation is 3. The van der Waals surface area contributed by atoms with Gasteiger partial charge in [-0.2, -0.15) is 0 Å². The van der Waals surface area contributed by atoms with Crippen LogP contribution in [0.5, 0.6) is 0 Å². The molecule has 1 heterocycles. The highest BCUT2D eigenvalue weighted by Gasteiger charge is 2.16. The summed E-state index contributed by atoms with van der Waals surface area (Å²) in [6, 6.07) is 13.6. The predicted octanol–water partition coefficient (Wildman–Crippen LogP) is 0.759. The van der Waals surface area contributed by atoms with Gasteiger partial charge in [-0.05, 0) is 38.0 Å². The fourth-order valence-electron chi connectivity index (χ4n) is 2.58. The number of hydrogen-bond acceptors (Lipinski definition) is 4. The molecule has 1 aromatic heterocycles. The van der Waals surface area contributed by atoms with Crippen molar-refractivity contribution in [1.29, 1.82) is 0 Å². The Morgan fingerprint density at radius 1 is 0.826 bits per heavy atom. The third-order valence-electron chi connectivity index (χ3n) is 3.49. The molecule has 0 fully saturated rings. The van der Waals surface area contributed by atoms with Gasteiger partial charge in [-0.3, -0.25) is 0 Å². The second-order valence-corrected chi connectivity index (χ2v) is 7.15. The lowest BCUT2D eigenvalue weighted by Gasteiger charge is -2.17. The van der Waals surface area contributed by atoms with E-state index in [0.29, 0.717) is 0 Å². The number of rotatable bonds is 1. The number of fused-ring (bicyclic) bond motifs is 2. The van der Waals surface area contributed by atoms with E-state index in [4.69, 9.17) is 18.6 Å². The smallest absolute Gasteiger partial charge is 0.222 e. The van der Waals surface area contributed by atoms with Gasteiger partial charge < -0.3 is 0 Å². The van der Waals surface area contributed by atoms with Gasteiger partial charge in [0.2, 0.25) is 20.7 Å². The average molecular weight is 353 g/mol. The zero-order valence-corrected chi connectivity index (χ0v) is 14.7. The van der Waals surface area contributed by atoms with Crippen molar-refractivity contribution in [3.05, 3.63) is 53.1 Å². The van der Waals surface area contributed by atoms with Crippen LogP contribution in [0, 0.1) is 24.1 Å². The molecule has 0 radical (unpaired) electrons. The zero-order chi connectivity index (χ0) is 17.2.